The molecule has 2 nitrogen and oxygen atoms in total. The van der Waals surface area contributed by atoms with Gasteiger partial charge in [0.25, 0.3) is 0 Å². The summed E-state index contributed by atoms with van der Waals surface area (Å²) >= 11 is 0. The van der Waals surface area contributed by atoms with E-state index in [1.807, 2.05) is 0 Å². The highest BCUT2D eigenvalue weighted by atomic mass is 15.2. The maximum Gasteiger partial charge on any atom is 0.0332 e. The number of hydrogen-bond donors (Lipinski definition) is 1. The van der Waals surface area contributed by atoms with E-state index in [1.54, 1.807) is 0 Å². The first-order valence-electron chi connectivity index (χ1n) is 8.86. The molecule has 1 atom stereocenters. The van der Waals surface area contributed by atoms with Crippen LogP contribution in [0.5, 0.6) is 0 Å². The Labute approximate surface area is 126 Å². The van der Waals surface area contributed by atoms with Crippen molar-refractivity contribution in [3.05, 3.63) is 0 Å². The summed E-state index contributed by atoms with van der Waals surface area (Å²) in [5, 5.41) is 0. The molecule has 118 valence electrons. The Morgan fingerprint density at radius 1 is 1.15 bits per heavy atom. The summed E-state index contributed by atoms with van der Waals surface area (Å²) in [6.45, 7) is 12.9. The topological polar surface area (TPSA) is 29.3 Å². The van der Waals surface area contributed by atoms with Gasteiger partial charge in [-0.1, -0.05) is 40.5 Å². The fraction of sp³-hybridized carbons (Fsp3) is 1.00. The van der Waals surface area contributed by atoms with Crippen LogP contribution in [0.25, 0.3) is 0 Å². The van der Waals surface area contributed by atoms with Crippen molar-refractivity contribution in [2.45, 2.75) is 78.2 Å². The average Bonchev–Trinajstić information content (AvgIpc) is 2.90. The van der Waals surface area contributed by atoms with Gasteiger partial charge in [-0.15, -0.1) is 0 Å². The summed E-state index contributed by atoms with van der Waals surface area (Å²) in [5.74, 6) is 1.82. The zero-order valence-electron chi connectivity index (χ0n) is 14.3. The van der Waals surface area contributed by atoms with Gasteiger partial charge < -0.3 is 5.73 Å². The van der Waals surface area contributed by atoms with Crippen molar-refractivity contribution >= 4 is 0 Å². The van der Waals surface area contributed by atoms with Crippen molar-refractivity contribution in [3.63, 3.8) is 0 Å². The monoisotopic (exact) mass is 280 g/mol. The second-order valence-corrected chi connectivity index (χ2v) is 8.46. The molecule has 20 heavy (non-hydrogen) atoms. The quantitative estimate of drug-likeness (QED) is 0.842. The van der Waals surface area contributed by atoms with Gasteiger partial charge in [0.15, 0.2) is 0 Å². The summed E-state index contributed by atoms with van der Waals surface area (Å²) in [7, 11) is 0. The van der Waals surface area contributed by atoms with Crippen LogP contribution in [-0.2, 0) is 0 Å². The first-order valence-corrected chi connectivity index (χ1v) is 8.86. The van der Waals surface area contributed by atoms with E-state index in [1.165, 1.54) is 58.0 Å². The van der Waals surface area contributed by atoms with E-state index in [0.29, 0.717) is 11.0 Å². The lowest BCUT2D eigenvalue weighted by Crippen LogP contribution is -2.55. The van der Waals surface area contributed by atoms with Crippen molar-refractivity contribution in [2.24, 2.45) is 23.0 Å². The van der Waals surface area contributed by atoms with Crippen molar-refractivity contribution in [2.75, 3.05) is 19.6 Å². The van der Waals surface area contributed by atoms with Crippen LogP contribution >= 0.6 is 0 Å². The van der Waals surface area contributed by atoms with Gasteiger partial charge in [-0.05, 0) is 55.9 Å². The lowest BCUT2D eigenvalue weighted by Gasteiger charge is -2.46. The summed E-state index contributed by atoms with van der Waals surface area (Å²) in [4.78, 5) is 2.77. The Bertz CT molecular complexity index is 297. The van der Waals surface area contributed by atoms with Gasteiger partial charge in [-0.3, -0.25) is 4.90 Å². The minimum Gasteiger partial charge on any atom is -0.329 e. The molecule has 0 amide bonds. The zero-order valence-corrected chi connectivity index (χ0v) is 14.3. The fourth-order valence-corrected chi connectivity index (χ4v) is 4.46. The highest BCUT2D eigenvalue weighted by Crippen LogP contribution is 2.42. The summed E-state index contributed by atoms with van der Waals surface area (Å²) < 4.78 is 0. The summed E-state index contributed by atoms with van der Waals surface area (Å²) in [6.07, 6.45) is 9.62. The Kier molecular flexibility index (Phi) is 5.18. The van der Waals surface area contributed by atoms with Crippen LogP contribution in [0.2, 0.25) is 0 Å². The summed E-state index contributed by atoms with van der Waals surface area (Å²) in [5.41, 5.74) is 7.04. The van der Waals surface area contributed by atoms with Crippen LogP contribution in [-0.4, -0.2) is 30.1 Å². The van der Waals surface area contributed by atoms with Crippen LogP contribution in [0.4, 0.5) is 0 Å². The molecule has 1 saturated carbocycles. The number of likely N-dealkylation sites (tertiary alicyclic amines) is 1. The first-order chi connectivity index (χ1) is 9.41. The Hall–Kier alpha value is -0.0800. The predicted octanol–water partition coefficient (Wildman–Crippen LogP) is 4.04. The van der Waals surface area contributed by atoms with E-state index in [4.69, 9.17) is 5.73 Å². The maximum atomic E-state index is 6.25. The zero-order chi connectivity index (χ0) is 14.8. The number of nitrogens with two attached hydrogens (primary N) is 1. The lowest BCUT2D eigenvalue weighted by molar-refractivity contribution is 0.0524. The Balaban J connectivity index is 1.96. The van der Waals surface area contributed by atoms with Gasteiger partial charge in [-0.25, -0.2) is 0 Å². The summed E-state index contributed by atoms with van der Waals surface area (Å²) in [6, 6.07) is 0. The van der Waals surface area contributed by atoms with Crippen LogP contribution < -0.4 is 5.73 Å². The van der Waals surface area contributed by atoms with Crippen LogP contribution in [0, 0.1) is 17.3 Å². The minimum atomic E-state index is 0.338. The lowest BCUT2D eigenvalue weighted by atomic mass is 9.74. The van der Waals surface area contributed by atoms with E-state index in [2.05, 4.69) is 32.6 Å². The van der Waals surface area contributed by atoms with Gasteiger partial charge >= 0.3 is 0 Å². The predicted molar refractivity (Wildman–Crippen MR) is 87.8 cm³/mol. The third kappa shape index (κ3) is 3.39. The van der Waals surface area contributed by atoms with E-state index in [9.17, 15) is 0 Å². The molecular formula is C18H36N2. The molecule has 0 aromatic carbocycles. The van der Waals surface area contributed by atoms with E-state index >= 15 is 0 Å². The molecular weight excluding hydrogens is 244 g/mol. The maximum absolute atomic E-state index is 6.25. The van der Waals surface area contributed by atoms with Crippen LogP contribution in [0.3, 0.4) is 0 Å². The number of hydrogen-bond acceptors (Lipinski definition) is 2. The van der Waals surface area contributed by atoms with Gasteiger partial charge in [0.05, 0.1) is 0 Å². The molecule has 2 aliphatic rings. The molecule has 1 heterocycles. The van der Waals surface area contributed by atoms with Crippen molar-refractivity contribution in [3.8, 4) is 0 Å². The highest BCUT2D eigenvalue weighted by molar-refractivity contribution is 4.99. The SMILES string of the molecule is CCCC1CCC(CN)(N2CCC(C(C)(C)C)C2)CC1. The van der Waals surface area contributed by atoms with Crippen LogP contribution in [0.1, 0.15) is 72.6 Å². The molecule has 0 bridgehead atoms. The Morgan fingerprint density at radius 3 is 2.25 bits per heavy atom. The largest absolute Gasteiger partial charge is 0.329 e. The molecule has 2 fully saturated rings. The molecule has 1 saturated heterocycles. The van der Waals surface area contributed by atoms with Crippen molar-refractivity contribution < 1.29 is 0 Å². The highest BCUT2D eigenvalue weighted by Gasteiger charge is 2.43. The average molecular weight is 281 g/mol. The van der Waals surface area contributed by atoms with Gasteiger partial charge in [0.2, 0.25) is 0 Å². The normalized spacial score (nSPS) is 36.5. The molecule has 0 aromatic rings. The van der Waals surface area contributed by atoms with E-state index in [0.717, 1.165) is 18.4 Å². The first kappa shape index (κ1) is 16.3. The molecule has 0 radical (unpaired) electrons. The number of nitrogens with zero attached hydrogens (tertiary/aromatic N) is 1. The molecule has 2 rings (SSSR count). The molecule has 2 N–H and O–H groups in total. The van der Waals surface area contributed by atoms with Crippen LogP contribution in [0.15, 0.2) is 0 Å². The standard InChI is InChI=1S/C18H36N2/c1-5-6-15-7-10-18(14-19,11-8-15)20-12-9-16(13-20)17(2,3)4/h15-16H,5-14,19H2,1-4H3. The number of rotatable bonds is 4. The molecule has 0 aromatic heterocycles. The molecule has 1 unspecified atom stereocenters. The minimum absolute atomic E-state index is 0.338. The van der Waals surface area contributed by atoms with E-state index in [-0.39, 0.29) is 0 Å². The van der Waals surface area contributed by atoms with Gasteiger partial charge in [0.1, 0.15) is 0 Å². The molecule has 1 aliphatic carbocycles. The molecule has 2 heteroatoms. The molecule has 0 spiro atoms. The molecule has 1 aliphatic heterocycles. The third-order valence-electron chi connectivity index (χ3n) is 6.20. The fourth-order valence-electron chi connectivity index (χ4n) is 4.46. The van der Waals surface area contributed by atoms with Gasteiger partial charge in [-0.2, -0.15) is 0 Å². The van der Waals surface area contributed by atoms with Gasteiger partial charge in [0, 0.05) is 18.6 Å². The van der Waals surface area contributed by atoms with Crippen molar-refractivity contribution in [1.82, 2.24) is 4.90 Å². The Morgan fingerprint density at radius 2 is 1.80 bits per heavy atom. The second kappa shape index (κ2) is 6.36. The third-order valence-corrected chi connectivity index (χ3v) is 6.20. The second-order valence-electron chi connectivity index (χ2n) is 8.46. The van der Waals surface area contributed by atoms with E-state index < -0.39 is 0 Å². The smallest absolute Gasteiger partial charge is 0.0332 e. The van der Waals surface area contributed by atoms with Crippen molar-refractivity contribution in [1.29, 1.82) is 0 Å².